The highest BCUT2D eigenvalue weighted by molar-refractivity contribution is 7.22. The van der Waals surface area contributed by atoms with Crippen molar-refractivity contribution in [3.05, 3.63) is 53.8 Å². The van der Waals surface area contributed by atoms with Crippen molar-refractivity contribution in [1.29, 1.82) is 0 Å². The molecule has 1 fully saturated rings. The fraction of sp³-hybridized carbons (Fsp3) is 0.211. The van der Waals surface area contributed by atoms with E-state index in [2.05, 4.69) is 15.6 Å². The summed E-state index contributed by atoms with van der Waals surface area (Å²) >= 11 is 1.37. The first-order chi connectivity index (χ1) is 12.5. The first kappa shape index (κ1) is 16.7. The second-order valence-electron chi connectivity index (χ2n) is 6.37. The molecule has 1 saturated carbocycles. The van der Waals surface area contributed by atoms with Crippen molar-refractivity contribution in [3.63, 3.8) is 0 Å². The van der Waals surface area contributed by atoms with Crippen LogP contribution in [0.3, 0.4) is 0 Å². The molecule has 2 aromatic carbocycles. The molecule has 1 heterocycles. The van der Waals surface area contributed by atoms with Crippen LogP contribution in [-0.2, 0) is 9.59 Å². The molecule has 0 aliphatic heterocycles. The SMILES string of the molecule is CC(=O)Nc1ccc2nc(NC(=O)C3CC3c3ccc(F)cc3)sc2c1. The van der Waals surface area contributed by atoms with E-state index in [4.69, 9.17) is 0 Å². The highest BCUT2D eigenvalue weighted by Crippen LogP contribution is 2.48. The van der Waals surface area contributed by atoms with Gasteiger partial charge in [0.15, 0.2) is 5.13 Å². The van der Waals surface area contributed by atoms with Crippen molar-refractivity contribution in [3.8, 4) is 0 Å². The van der Waals surface area contributed by atoms with Gasteiger partial charge in [-0.25, -0.2) is 9.37 Å². The molecule has 3 aromatic rings. The zero-order valence-electron chi connectivity index (χ0n) is 14.0. The molecule has 0 radical (unpaired) electrons. The lowest BCUT2D eigenvalue weighted by Crippen LogP contribution is -2.14. The Balaban J connectivity index is 1.44. The highest BCUT2D eigenvalue weighted by atomic mass is 32.1. The number of hydrogen-bond donors (Lipinski definition) is 2. The van der Waals surface area contributed by atoms with E-state index >= 15 is 0 Å². The third kappa shape index (κ3) is 3.43. The number of hydrogen-bond acceptors (Lipinski definition) is 4. The smallest absolute Gasteiger partial charge is 0.229 e. The molecule has 132 valence electrons. The van der Waals surface area contributed by atoms with E-state index in [9.17, 15) is 14.0 Å². The molecule has 1 aliphatic rings. The Morgan fingerprint density at radius 2 is 1.92 bits per heavy atom. The van der Waals surface area contributed by atoms with E-state index in [0.29, 0.717) is 10.8 Å². The van der Waals surface area contributed by atoms with Crippen LogP contribution in [-0.4, -0.2) is 16.8 Å². The molecule has 7 heteroatoms. The Morgan fingerprint density at radius 1 is 1.15 bits per heavy atom. The average molecular weight is 369 g/mol. The Hall–Kier alpha value is -2.80. The van der Waals surface area contributed by atoms with Crippen LogP contribution in [0.5, 0.6) is 0 Å². The monoisotopic (exact) mass is 369 g/mol. The summed E-state index contributed by atoms with van der Waals surface area (Å²) in [6.45, 7) is 1.45. The molecule has 4 rings (SSSR count). The molecule has 2 unspecified atom stereocenters. The molecule has 1 aromatic heterocycles. The number of carbonyl (C=O) groups is 2. The lowest BCUT2D eigenvalue weighted by molar-refractivity contribution is -0.117. The Kier molecular flexibility index (Phi) is 4.16. The van der Waals surface area contributed by atoms with Crippen LogP contribution < -0.4 is 10.6 Å². The Labute approximate surface area is 153 Å². The maximum Gasteiger partial charge on any atom is 0.229 e. The number of amides is 2. The average Bonchev–Trinajstić information content (AvgIpc) is 3.29. The van der Waals surface area contributed by atoms with Crippen molar-refractivity contribution in [2.75, 3.05) is 10.6 Å². The Morgan fingerprint density at radius 3 is 2.65 bits per heavy atom. The number of thiazole rings is 1. The number of rotatable bonds is 4. The number of halogens is 1. The van der Waals surface area contributed by atoms with Gasteiger partial charge in [0.1, 0.15) is 5.82 Å². The van der Waals surface area contributed by atoms with Gasteiger partial charge in [-0.05, 0) is 48.2 Å². The van der Waals surface area contributed by atoms with Crippen molar-refractivity contribution < 1.29 is 14.0 Å². The normalized spacial score (nSPS) is 18.5. The summed E-state index contributed by atoms with van der Waals surface area (Å²) in [7, 11) is 0. The molecule has 26 heavy (non-hydrogen) atoms. The maximum atomic E-state index is 13.0. The molecule has 2 amide bonds. The fourth-order valence-corrected chi connectivity index (χ4v) is 3.93. The first-order valence-electron chi connectivity index (χ1n) is 8.24. The minimum Gasteiger partial charge on any atom is -0.326 e. The number of nitrogens with zero attached hydrogens (tertiary/aromatic N) is 1. The van der Waals surface area contributed by atoms with Crippen LogP contribution in [0.1, 0.15) is 24.8 Å². The van der Waals surface area contributed by atoms with Crippen molar-refractivity contribution in [2.24, 2.45) is 5.92 Å². The fourth-order valence-electron chi connectivity index (χ4n) is 3.02. The van der Waals surface area contributed by atoms with Crippen LogP contribution in [0.25, 0.3) is 10.2 Å². The zero-order chi connectivity index (χ0) is 18.3. The first-order valence-corrected chi connectivity index (χ1v) is 9.06. The van der Waals surface area contributed by atoms with Gasteiger partial charge in [0.05, 0.1) is 10.2 Å². The number of carbonyl (C=O) groups excluding carboxylic acids is 2. The molecule has 0 spiro atoms. The standard InChI is InChI=1S/C19H16FN3O2S/c1-10(24)21-13-6-7-16-17(8-13)26-19(22-16)23-18(25)15-9-14(15)11-2-4-12(20)5-3-11/h2-8,14-15H,9H2,1H3,(H,21,24)(H,22,23,25). The largest absolute Gasteiger partial charge is 0.326 e. The van der Waals surface area contributed by atoms with Crippen LogP contribution in [0, 0.1) is 11.7 Å². The van der Waals surface area contributed by atoms with Crippen LogP contribution in [0.4, 0.5) is 15.2 Å². The summed E-state index contributed by atoms with van der Waals surface area (Å²) in [5.41, 5.74) is 2.45. The van der Waals surface area contributed by atoms with Gasteiger partial charge in [-0.2, -0.15) is 0 Å². The summed E-state index contributed by atoms with van der Waals surface area (Å²) in [6, 6.07) is 11.7. The number of fused-ring (bicyclic) bond motifs is 1. The van der Waals surface area contributed by atoms with Crippen LogP contribution >= 0.6 is 11.3 Å². The topological polar surface area (TPSA) is 71.1 Å². The third-order valence-corrected chi connectivity index (χ3v) is 5.30. The van der Waals surface area contributed by atoms with Gasteiger partial charge < -0.3 is 10.6 Å². The molecule has 1 aliphatic carbocycles. The van der Waals surface area contributed by atoms with Crippen molar-refractivity contribution >= 4 is 44.2 Å². The molecule has 2 N–H and O–H groups in total. The van der Waals surface area contributed by atoms with Gasteiger partial charge in [0, 0.05) is 18.5 Å². The summed E-state index contributed by atoms with van der Waals surface area (Å²) in [5.74, 6) is -0.453. The molecular weight excluding hydrogens is 353 g/mol. The van der Waals surface area contributed by atoms with E-state index in [1.54, 1.807) is 18.2 Å². The van der Waals surface area contributed by atoms with Crippen molar-refractivity contribution in [2.45, 2.75) is 19.3 Å². The van der Waals surface area contributed by atoms with Crippen molar-refractivity contribution in [1.82, 2.24) is 4.98 Å². The minimum absolute atomic E-state index is 0.0690. The highest BCUT2D eigenvalue weighted by Gasteiger charge is 2.44. The minimum atomic E-state index is -0.275. The lowest BCUT2D eigenvalue weighted by atomic mass is 10.1. The van der Waals surface area contributed by atoms with Gasteiger partial charge in [0.2, 0.25) is 11.8 Å². The quantitative estimate of drug-likeness (QED) is 0.726. The summed E-state index contributed by atoms with van der Waals surface area (Å²) < 4.78 is 13.9. The van der Waals surface area contributed by atoms with Gasteiger partial charge in [-0.15, -0.1) is 0 Å². The van der Waals surface area contributed by atoms with Crippen LogP contribution in [0.15, 0.2) is 42.5 Å². The molecule has 0 saturated heterocycles. The van der Waals surface area contributed by atoms with E-state index in [1.165, 1.54) is 30.4 Å². The Bertz CT molecular complexity index is 1000. The number of nitrogens with one attached hydrogen (secondary N) is 2. The summed E-state index contributed by atoms with van der Waals surface area (Å²) in [4.78, 5) is 28.0. The summed E-state index contributed by atoms with van der Waals surface area (Å²) in [6.07, 6.45) is 0.759. The van der Waals surface area contributed by atoms with E-state index in [1.807, 2.05) is 12.1 Å². The van der Waals surface area contributed by atoms with Gasteiger partial charge >= 0.3 is 0 Å². The van der Waals surface area contributed by atoms with Gasteiger partial charge in [-0.3, -0.25) is 9.59 Å². The molecule has 0 bridgehead atoms. The van der Waals surface area contributed by atoms with E-state index in [0.717, 1.165) is 22.2 Å². The molecular formula is C19H16FN3O2S. The van der Waals surface area contributed by atoms with E-state index in [-0.39, 0.29) is 29.5 Å². The van der Waals surface area contributed by atoms with Crippen LogP contribution in [0.2, 0.25) is 0 Å². The number of benzene rings is 2. The zero-order valence-corrected chi connectivity index (χ0v) is 14.8. The van der Waals surface area contributed by atoms with Gasteiger partial charge in [0.25, 0.3) is 0 Å². The predicted octanol–water partition coefficient (Wildman–Crippen LogP) is 4.14. The number of aromatic nitrogens is 1. The second kappa shape index (κ2) is 6.49. The lowest BCUT2D eigenvalue weighted by Gasteiger charge is -2.01. The molecule has 5 nitrogen and oxygen atoms in total. The maximum absolute atomic E-state index is 13.0. The third-order valence-electron chi connectivity index (χ3n) is 4.36. The van der Waals surface area contributed by atoms with Gasteiger partial charge in [-0.1, -0.05) is 23.5 Å². The number of anilines is 2. The molecule has 2 atom stereocenters. The van der Waals surface area contributed by atoms with E-state index < -0.39 is 0 Å². The summed E-state index contributed by atoms with van der Waals surface area (Å²) in [5, 5.41) is 6.14. The second-order valence-corrected chi connectivity index (χ2v) is 7.40. The predicted molar refractivity (Wildman–Crippen MR) is 99.8 cm³/mol.